The normalized spacial score (nSPS) is 9.82. The van der Waals surface area contributed by atoms with Crippen molar-refractivity contribution in [3.8, 4) is 0 Å². The first-order valence-corrected chi connectivity index (χ1v) is 2.76. The molecule has 0 saturated heterocycles. The van der Waals surface area contributed by atoms with E-state index in [2.05, 4.69) is 0 Å². The quantitative estimate of drug-likeness (QED) is 0.483. The molecule has 0 fully saturated rings. The molecule has 0 aliphatic heterocycles. The Morgan fingerprint density at radius 2 is 1.55 bits per heavy atom. The van der Waals surface area contributed by atoms with Gasteiger partial charge in [-0.15, -0.1) is 0 Å². The van der Waals surface area contributed by atoms with Crippen LogP contribution in [0.25, 0.3) is 0 Å². The zero-order chi connectivity index (χ0) is 8.43. The Labute approximate surface area is 60.8 Å². The van der Waals surface area contributed by atoms with E-state index in [-0.39, 0.29) is 0 Å². The molecular formula is C6H5F3N2. The molecule has 0 atom stereocenters. The fourth-order valence-electron chi connectivity index (χ4n) is 0.680. The maximum absolute atomic E-state index is 12.5. The number of benzene rings is 1. The zero-order valence-electron chi connectivity index (χ0n) is 5.37. The van der Waals surface area contributed by atoms with Crippen molar-refractivity contribution in [1.29, 1.82) is 0 Å². The van der Waals surface area contributed by atoms with Crippen LogP contribution < -0.4 is 11.3 Å². The molecular weight excluding hydrogens is 157 g/mol. The molecule has 0 bridgehead atoms. The third-order valence-electron chi connectivity index (χ3n) is 1.15. The van der Waals surface area contributed by atoms with Crippen LogP contribution in [-0.2, 0) is 0 Å². The number of halogens is 3. The first kappa shape index (κ1) is 7.87. The van der Waals surface area contributed by atoms with Crippen molar-refractivity contribution >= 4 is 5.69 Å². The van der Waals surface area contributed by atoms with Crippen LogP contribution in [0, 0.1) is 17.5 Å². The monoisotopic (exact) mass is 162 g/mol. The summed E-state index contributed by atoms with van der Waals surface area (Å²) >= 11 is 0. The second-order valence-corrected chi connectivity index (χ2v) is 1.89. The van der Waals surface area contributed by atoms with E-state index in [1.807, 2.05) is 0 Å². The number of hydrogen-bond donors (Lipinski definition) is 2. The van der Waals surface area contributed by atoms with Crippen molar-refractivity contribution in [2.75, 3.05) is 5.43 Å². The second kappa shape index (κ2) is 2.79. The summed E-state index contributed by atoms with van der Waals surface area (Å²) in [4.78, 5) is 0. The Bertz CT molecular complexity index is 252. The van der Waals surface area contributed by atoms with Gasteiger partial charge in [0.25, 0.3) is 0 Å². The maximum Gasteiger partial charge on any atom is 0.153 e. The van der Waals surface area contributed by atoms with Gasteiger partial charge in [-0.3, -0.25) is 5.84 Å². The molecule has 0 amide bonds. The standard InChI is InChI=1S/C6H5F3N2/c7-3-1-4(8)6(11-10)5(9)2-3/h1-2,11H,10H2. The predicted octanol–water partition coefficient (Wildman–Crippen LogP) is 1.39. The van der Waals surface area contributed by atoms with Crippen LogP contribution in [0.2, 0.25) is 0 Å². The minimum Gasteiger partial charge on any atom is -0.319 e. The second-order valence-electron chi connectivity index (χ2n) is 1.89. The lowest BCUT2D eigenvalue weighted by atomic mass is 10.3. The molecule has 11 heavy (non-hydrogen) atoms. The van der Waals surface area contributed by atoms with E-state index >= 15 is 0 Å². The number of nitrogens with one attached hydrogen (secondary N) is 1. The SMILES string of the molecule is NNc1c(F)cc(F)cc1F. The molecule has 5 heteroatoms. The zero-order valence-corrected chi connectivity index (χ0v) is 5.37. The summed E-state index contributed by atoms with van der Waals surface area (Å²) < 4.78 is 37.2. The van der Waals surface area contributed by atoms with Gasteiger partial charge in [0.1, 0.15) is 11.5 Å². The lowest BCUT2D eigenvalue weighted by molar-refractivity contribution is 0.547. The Kier molecular flexibility index (Phi) is 2.00. The van der Waals surface area contributed by atoms with Crippen LogP contribution in [0.4, 0.5) is 18.9 Å². The van der Waals surface area contributed by atoms with Crippen LogP contribution in [0.5, 0.6) is 0 Å². The molecule has 0 spiro atoms. The topological polar surface area (TPSA) is 38.0 Å². The van der Waals surface area contributed by atoms with Crippen molar-refractivity contribution in [2.24, 2.45) is 5.84 Å². The molecule has 0 unspecified atom stereocenters. The third-order valence-corrected chi connectivity index (χ3v) is 1.15. The summed E-state index contributed by atoms with van der Waals surface area (Å²) in [6, 6.07) is 1.08. The Morgan fingerprint density at radius 3 is 1.91 bits per heavy atom. The maximum atomic E-state index is 12.5. The molecule has 0 aliphatic rings. The molecule has 60 valence electrons. The smallest absolute Gasteiger partial charge is 0.153 e. The fourth-order valence-corrected chi connectivity index (χ4v) is 0.680. The van der Waals surface area contributed by atoms with E-state index in [1.54, 1.807) is 5.43 Å². The van der Waals surface area contributed by atoms with Crippen LogP contribution in [0.15, 0.2) is 12.1 Å². The van der Waals surface area contributed by atoms with Crippen LogP contribution >= 0.6 is 0 Å². The molecule has 0 radical (unpaired) electrons. The van der Waals surface area contributed by atoms with Crippen molar-refractivity contribution < 1.29 is 13.2 Å². The molecule has 0 saturated carbocycles. The lowest BCUT2D eigenvalue weighted by Crippen LogP contribution is -2.10. The van der Waals surface area contributed by atoms with Gasteiger partial charge in [-0.2, -0.15) is 0 Å². The van der Waals surface area contributed by atoms with Gasteiger partial charge in [0.15, 0.2) is 11.6 Å². The van der Waals surface area contributed by atoms with Crippen LogP contribution in [-0.4, -0.2) is 0 Å². The minimum absolute atomic E-state index is 0.536. The van der Waals surface area contributed by atoms with E-state index in [4.69, 9.17) is 5.84 Å². The summed E-state index contributed by atoms with van der Waals surface area (Å²) in [7, 11) is 0. The molecule has 0 aliphatic carbocycles. The summed E-state index contributed by atoms with van der Waals surface area (Å²) in [5, 5.41) is 0. The molecule has 1 aromatic rings. The molecule has 3 N–H and O–H groups in total. The van der Waals surface area contributed by atoms with Crippen molar-refractivity contribution in [3.63, 3.8) is 0 Å². The van der Waals surface area contributed by atoms with Gasteiger partial charge in [-0.05, 0) is 0 Å². The highest BCUT2D eigenvalue weighted by molar-refractivity contribution is 5.44. The highest BCUT2D eigenvalue weighted by atomic mass is 19.1. The van der Waals surface area contributed by atoms with E-state index in [9.17, 15) is 13.2 Å². The van der Waals surface area contributed by atoms with Crippen molar-refractivity contribution in [2.45, 2.75) is 0 Å². The molecule has 0 heterocycles. The first-order chi connectivity index (χ1) is 5.15. The predicted molar refractivity (Wildman–Crippen MR) is 34.1 cm³/mol. The van der Waals surface area contributed by atoms with Gasteiger partial charge in [0, 0.05) is 12.1 Å². The van der Waals surface area contributed by atoms with Gasteiger partial charge in [-0.25, -0.2) is 13.2 Å². The van der Waals surface area contributed by atoms with Crippen LogP contribution in [0.1, 0.15) is 0 Å². The number of rotatable bonds is 1. The Morgan fingerprint density at radius 1 is 1.09 bits per heavy atom. The number of anilines is 1. The number of nitrogens with two attached hydrogens (primary N) is 1. The summed E-state index contributed by atoms with van der Waals surface area (Å²) in [5.41, 5.74) is 1.24. The Hall–Kier alpha value is -1.23. The molecule has 0 aromatic heterocycles. The highest BCUT2D eigenvalue weighted by Gasteiger charge is 2.08. The number of hydrogen-bond acceptors (Lipinski definition) is 2. The van der Waals surface area contributed by atoms with Gasteiger partial charge < -0.3 is 5.43 Å². The third kappa shape index (κ3) is 1.43. The van der Waals surface area contributed by atoms with Gasteiger partial charge in [0.2, 0.25) is 0 Å². The number of hydrazine groups is 1. The lowest BCUT2D eigenvalue weighted by Gasteiger charge is -2.02. The molecule has 1 rings (SSSR count). The Balaban J connectivity index is 3.25. The fraction of sp³-hybridized carbons (Fsp3) is 0. The van der Waals surface area contributed by atoms with Gasteiger partial charge in [-0.1, -0.05) is 0 Å². The minimum atomic E-state index is -1.05. The number of nitrogen functional groups attached to an aromatic ring is 1. The molecule has 1 aromatic carbocycles. The molecule has 2 nitrogen and oxygen atoms in total. The summed E-state index contributed by atoms with van der Waals surface area (Å²) in [6.07, 6.45) is 0. The van der Waals surface area contributed by atoms with Crippen LogP contribution in [0.3, 0.4) is 0 Å². The largest absolute Gasteiger partial charge is 0.319 e. The van der Waals surface area contributed by atoms with Gasteiger partial charge >= 0.3 is 0 Å². The summed E-state index contributed by atoms with van der Waals surface area (Å²) in [5.74, 6) is 1.67. The highest BCUT2D eigenvalue weighted by Crippen LogP contribution is 2.18. The van der Waals surface area contributed by atoms with Gasteiger partial charge in [0.05, 0.1) is 0 Å². The van der Waals surface area contributed by atoms with E-state index < -0.39 is 23.1 Å². The average Bonchev–Trinajstić information content (AvgIpc) is 1.85. The van der Waals surface area contributed by atoms with E-state index in [0.29, 0.717) is 12.1 Å². The first-order valence-electron chi connectivity index (χ1n) is 2.76. The van der Waals surface area contributed by atoms with Crippen molar-refractivity contribution in [3.05, 3.63) is 29.6 Å². The van der Waals surface area contributed by atoms with Crippen molar-refractivity contribution in [1.82, 2.24) is 0 Å². The summed E-state index contributed by atoms with van der Waals surface area (Å²) in [6.45, 7) is 0. The van der Waals surface area contributed by atoms with E-state index in [0.717, 1.165) is 0 Å². The average molecular weight is 162 g/mol. The van der Waals surface area contributed by atoms with E-state index in [1.165, 1.54) is 0 Å².